The van der Waals surface area contributed by atoms with Crippen LogP contribution >= 0.6 is 11.3 Å². The van der Waals surface area contributed by atoms with Gasteiger partial charge in [0, 0.05) is 6.54 Å². The Bertz CT molecular complexity index is 1330. The lowest BCUT2D eigenvalue weighted by molar-refractivity contribution is -0.130. The molecule has 0 aliphatic carbocycles. The molecular formula is C26H26N2O6S. The lowest BCUT2D eigenvalue weighted by Crippen LogP contribution is -2.30. The monoisotopic (exact) mass is 494 g/mol. The van der Waals surface area contributed by atoms with Crippen LogP contribution in [0.1, 0.15) is 37.5 Å². The van der Waals surface area contributed by atoms with E-state index in [0.29, 0.717) is 33.4 Å². The molecule has 1 aromatic heterocycles. The highest BCUT2D eigenvalue weighted by Gasteiger charge is 2.44. The number of amides is 1. The zero-order valence-electron chi connectivity index (χ0n) is 20.1. The summed E-state index contributed by atoms with van der Waals surface area (Å²) in [4.78, 5) is 33.2. The van der Waals surface area contributed by atoms with Crippen molar-refractivity contribution in [3.63, 3.8) is 0 Å². The zero-order chi connectivity index (χ0) is 25.3. The molecule has 0 radical (unpaired) electrons. The van der Waals surface area contributed by atoms with E-state index in [4.69, 9.17) is 14.2 Å². The van der Waals surface area contributed by atoms with Gasteiger partial charge >= 0.3 is 0 Å². The number of aliphatic hydroxyl groups is 1. The summed E-state index contributed by atoms with van der Waals surface area (Å²) in [5.74, 6) is 0.0363. The maximum absolute atomic E-state index is 13.7. The summed E-state index contributed by atoms with van der Waals surface area (Å²) < 4.78 is 16.1. The van der Waals surface area contributed by atoms with Crippen molar-refractivity contribution in [3.05, 3.63) is 80.5 Å². The Morgan fingerprint density at radius 1 is 1.06 bits per heavy atom. The van der Waals surface area contributed by atoms with Gasteiger partial charge in [-0.15, -0.1) is 11.3 Å². The lowest BCUT2D eigenvalue weighted by atomic mass is 9.94. The van der Waals surface area contributed by atoms with Gasteiger partial charge in [0.15, 0.2) is 17.3 Å². The largest absolute Gasteiger partial charge is 0.503 e. The van der Waals surface area contributed by atoms with Gasteiger partial charge in [0.25, 0.3) is 5.91 Å². The first-order valence-corrected chi connectivity index (χ1v) is 11.7. The summed E-state index contributed by atoms with van der Waals surface area (Å²) in [6.45, 7) is 3.68. The van der Waals surface area contributed by atoms with Crippen molar-refractivity contribution in [2.45, 2.75) is 26.4 Å². The number of hydrogen-bond acceptors (Lipinski definition) is 8. The Balaban J connectivity index is 1.81. The van der Waals surface area contributed by atoms with E-state index in [1.807, 2.05) is 13.0 Å². The zero-order valence-corrected chi connectivity index (χ0v) is 20.9. The van der Waals surface area contributed by atoms with Gasteiger partial charge in [0.2, 0.25) is 5.78 Å². The van der Waals surface area contributed by atoms with Crippen molar-refractivity contribution in [3.8, 4) is 17.2 Å². The van der Waals surface area contributed by atoms with E-state index < -0.39 is 23.5 Å². The van der Waals surface area contributed by atoms with Crippen LogP contribution in [0.3, 0.4) is 0 Å². The van der Waals surface area contributed by atoms with Crippen molar-refractivity contribution in [1.29, 1.82) is 0 Å². The number of aryl methyl sites for hydroxylation is 2. The van der Waals surface area contributed by atoms with E-state index in [-0.39, 0.29) is 12.1 Å². The minimum absolute atomic E-state index is 0.0236. The number of rotatable bonds is 8. The maximum atomic E-state index is 13.7. The summed E-state index contributed by atoms with van der Waals surface area (Å²) >= 11 is 1.24. The highest BCUT2D eigenvalue weighted by atomic mass is 32.1. The van der Waals surface area contributed by atoms with Crippen molar-refractivity contribution >= 4 is 23.0 Å². The Hall–Kier alpha value is -3.85. The fraction of sp³-hybridized carbons (Fsp3) is 0.269. The molecule has 1 amide bonds. The topological polar surface area (TPSA) is 98.2 Å². The number of methoxy groups -OCH3 is 3. The third kappa shape index (κ3) is 4.46. The van der Waals surface area contributed by atoms with Crippen LogP contribution in [0.2, 0.25) is 0 Å². The summed E-state index contributed by atoms with van der Waals surface area (Å²) in [5.41, 5.74) is 1.98. The van der Waals surface area contributed by atoms with Gasteiger partial charge in [0.05, 0.1) is 48.5 Å². The van der Waals surface area contributed by atoms with E-state index in [0.717, 1.165) is 10.6 Å². The summed E-state index contributed by atoms with van der Waals surface area (Å²) in [7, 11) is 4.62. The van der Waals surface area contributed by atoms with Crippen LogP contribution < -0.4 is 14.2 Å². The molecule has 9 heteroatoms. The van der Waals surface area contributed by atoms with Gasteiger partial charge in [-0.25, -0.2) is 4.98 Å². The Morgan fingerprint density at radius 2 is 1.80 bits per heavy atom. The molecule has 0 bridgehead atoms. The normalized spacial score (nSPS) is 15.5. The number of aliphatic hydroxyl groups excluding tert-OH is 1. The van der Waals surface area contributed by atoms with Crippen molar-refractivity contribution < 1.29 is 28.9 Å². The first kappa shape index (κ1) is 24.3. The van der Waals surface area contributed by atoms with Crippen LogP contribution in [0.15, 0.2) is 53.8 Å². The average molecular weight is 495 g/mol. The number of carbonyl (C=O) groups excluding carboxylic acids is 2. The number of carbonyl (C=O) groups is 2. The lowest BCUT2D eigenvalue weighted by Gasteiger charge is -2.27. The minimum Gasteiger partial charge on any atom is -0.503 e. The van der Waals surface area contributed by atoms with Crippen molar-refractivity contribution in [2.75, 3.05) is 21.3 Å². The van der Waals surface area contributed by atoms with Gasteiger partial charge < -0.3 is 24.2 Å². The van der Waals surface area contributed by atoms with E-state index >= 15 is 0 Å². The SMILES string of the molecule is COc1cccc(C2C(C(=O)c3sc(C)nc3C)=C(O)C(=O)N2Cc2ccc(OC)c(OC)c2)c1. The van der Waals surface area contributed by atoms with Crippen molar-refractivity contribution in [1.82, 2.24) is 9.88 Å². The fourth-order valence-electron chi connectivity index (χ4n) is 4.25. The highest BCUT2D eigenvalue weighted by Crippen LogP contribution is 2.42. The maximum Gasteiger partial charge on any atom is 0.290 e. The third-order valence-corrected chi connectivity index (χ3v) is 6.94. The average Bonchev–Trinajstić information content (AvgIpc) is 3.33. The molecule has 1 aliphatic rings. The predicted octanol–water partition coefficient (Wildman–Crippen LogP) is 4.56. The molecule has 2 aromatic carbocycles. The van der Waals surface area contributed by atoms with E-state index in [1.165, 1.54) is 23.3 Å². The highest BCUT2D eigenvalue weighted by molar-refractivity contribution is 7.14. The van der Waals surface area contributed by atoms with Gasteiger partial charge in [-0.2, -0.15) is 0 Å². The molecule has 0 fully saturated rings. The first-order valence-electron chi connectivity index (χ1n) is 10.9. The fourth-order valence-corrected chi connectivity index (χ4v) is 5.12. The standard InChI is InChI=1S/C26H26N2O6S/c1-14-25(35-15(2)27-14)23(29)21-22(17-7-6-8-18(12-17)32-3)28(26(31)24(21)30)13-16-9-10-19(33-4)20(11-16)34-5/h6-12,22,30H,13H2,1-5H3. The molecule has 0 saturated carbocycles. The molecule has 1 aliphatic heterocycles. The van der Waals surface area contributed by atoms with Crippen LogP contribution in [0.5, 0.6) is 17.2 Å². The number of aromatic nitrogens is 1. The molecule has 1 N–H and O–H groups in total. The van der Waals surface area contributed by atoms with Gasteiger partial charge in [-0.3, -0.25) is 9.59 Å². The van der Waals surface area contributed by atoms with E-state index in [1.54, 1.807) is 57.5 Å². The molecule has 1 atom stereocenters. The molecule has 0 spiro atoms. The van der Waals surface area contributed by atoms with Crippen LogP contribution in [0.25, 0.3) is 0 Å². The summed E-state index contributed by atoms with van der Waals surface area (Å²) in [6.07, 6.45) is 0. The summed E-state index contributed by atoms with van der Waals surface area (Å²) in [5, 5.41) is 11.7. The van der Waals surface area contributed by atoms with Crippen molar-refractivity contribution in [2.24, 2.45) is 0 Å². The second-order valence-electron chi connectivity index (χ2n) is 8.04. The Morgan fingerprint density at radius 3 is 2.43 bits per heavy atom. The van der Waals surface area contributed by atoms with Crippen LogP contribution in [-0.2, 0) is 11.3 Å². The van der Waals surface area contributed by atoms with Gasteiger partial charge in [0.1, 0.15) is 5.75 Å². The minimum atomic E-state index is -0.819. The third-order valence-electron chi connectivity index (χ3n) is 5.87. The molecule has 0 saturated heterocycles. The van der Waals surface area contributed by atoms with Crippen LogP contribution in [-0.4, -0.2) is 48.0 Å². The molecule has 2 heterocycles. The molecule has 8 nitrogen and oxygen atoms in total. The molecule has 1 unspecified atom stereocenters. The molecule has 4 rings (SSSR count). The molecule has 182 valence electrons. The number of Topliss-reactive ketones (excluding diaryl/α,β-unsaturated/α-hetero) is 1. The smallest absolute Gasteiger partial charge is 0.290 e. The molecule has 35 heavy (non-hydrogen) atoms. The van der Waals surface area contributed by atoms with Gasteiger partial charge in [-0.1, -0.05) is 18.2 Å². The van der Waals surface area contributed by atoms with Crippen LogP contribution in [0.4, 0.5) is 0 Å². The summed E-state index contributed by atoms with van der Waals surface area (Å²) in [6, 6.07) is 11.6. The van der Waals surface area contributed by atoms with Gasteiger partial charge in [-0.05, 0) is 49.2 Å². The van der Waals surface area contributed by atoms with E-state index in [2.05, 4.69) is 4.98 Å². The second kappa shape index (κ2) is 9.79. The number of ketones is 1. The first-order chi connectivity index (χ1) is 16.8. The number of ether oxygens (including phenoxy) is 3. The predicted molar refractivity (Wildman–Crippen MR) is 131 cm³/mol. The number of benzene rings is 2. The Labute approximate surface area is 207 Å². The molecular weight excluding hydrogens is 468 g/mol. The quantitative estimate of drug-likeness (QED) is 0.458. The number of nitrogens with zero attached hydrogens (tertiary/aromatic N) is 2. The number of thiazole rings is 1. The van der Waals surface area contributed by atoms with Crippen LogP contribution in [0, 0.1) is 13.8 Å². The Kier molecular flexibility index (Phi) is 6.79. The molecule has 3 aromatic rings. The van der Waals surface area contributed by atoms with E-state index in [9.17, 15) is 14.7 Å². The second-order valence-corrected chi connectivity index (χ2v) is 9.24. The number of hydrogen-bond donors (Lipinski definition) is 1.